The molecule has 1 aromatic rings. The van der Waals surface area contributed by atoms with E-state index in [4.69, 9.17) is 11.6 Å². The molecule has 0 aromatic carbocycles. The number of nitrogens with zero attached hydrogens (tertiary/aromatic N) is 3. The Morgan fingerprint density at radius 3 is 3.00 bits per heavy atom. The van der Waals surface area contributed by atoms with Gasteiger partial charge in [0.05, 0.1) is 0 Å². The third-order valence-electron chi connectivity index (χ3n) is 1.34. The molecule has 56 valence electrons. The van der Waals surface area contributed by atoms with Crippen LogP contribution in [0.15, 0.2) is 6.33 Å². The number of alkyl halides is 1. The summed E-state index contributed by atoms with van der Waals surface area (Å²) in [6.45, 7) is 0. The number of aromatic nitrogens is 3. The quantitative estimate of drug-likeness (QED) is 0.616. The van der Waals surface area contributed by atoms with Crippen LogP contribution in [0.5, 0.6) is 0 Å². The lowest BCUT2D eigenvalue weighted by molar-refractivity contribution is 0.688. The fourth-order valence-electron chi connectivity index (χ4n) is 0.771. The summed E-state index contributed by atoms with van der Waals surface area (Å²) in [5.41, 5.74) is 0. The Hall–Kier alpha value is -0.570. The van der Waals surface area contributed by atoms with E-state index in [2.05, 4.69) is 10.1 Å². The number of rotatable bonds is 3. The highest BCUT2D eigenvalue weighted by Gasteiger charge is 1.97. The molecular weight excluding hydrogens is 150 g/mol. The van der Waals surface area contributed by atoms with E-state index in [-0.39, 0.29) is 0 Å². The van der Waals surface area contributed by atoms with Crippen LogP contribution in [0.4, 0.5) is 0 Å². The van der Waals surface area contributed by atoms with Crippen molar-refractivity contribution in [1.82, 2.24) is 14.8 Å². The highest BCUT2D eigenvalue weighted by Crippen LogP contribution is 1.96. The molecule has 4 heteroatoms. The number of hydrogen-bond acceptors (Lipinski definition) is 2. The third-order valence-corrected chi connectivity index (χ3v) is 1.61. The van der Waals surface area contributed by atoms with E-state index in [1.54, 1.807) is 11.0 Å². The third kappa shape index (κ3) is 1.70. The fourth-order valence-corrected chi connectivity index (χ4v) is 0.905. The van der Waals surface area contributed by atoms with Gasteiger partial charge in [-0.1, -0.05) is 0 Å². The molecule has 0 N–H and O–H groups in total. The standard InChI is InChI=1S/C6H10ClN3/c1-10-6(3-2-4-7)8-5-9-10/h5H,2-4H2,1H3. The van der Waals surface area contributed by atoms with Gasteiger partial charge >= 0.3 is 0 Å². The van der Waals surface area contributed by atoms with Crippen LogP contribution in [0.25, 0.3) is 0 Å². The van der Waals surface area contributed by atoms with E-state index >= 15 is 0 Å². The first-order chi connectivity index (χ1) is 4.84. The van der Waals surface area contributed by atoms with E-state index in [1.807, 2.05) is 7.05 Å². The lowest BCUT2D eigenvalue weighted by Gasteiger charge is -1.95. The van der Waals surface area contributed by atoms with Crippen LogP contribution in [-0.2, 0) is 13.5 Å². The van der Waals surface area contributed by atoms with Gasteiger partial charge in [0.1, 0.15) is 12.2 Å². The fraction of sp³-hybridized carbons (Fsp3) is 0.667. The van der Waals surface area contributed by atoms with Crippen LogP contribution < -0.4 is 0 Å². The SMILES string of the molecule is Cn1ncnc1CCCCl. The van der Waals surface area contributed by atoms with Crippen LogP contribution in [0.2, 0.25) is 0 Å². The molecule has 0 fully saturated rings. The molecule has 0 aliphatic rings. The van der Waals surface area contributed by atoms with Gasteiger partial charge in [-0.05, 0) is 6.42 Å². The second-order valence-corrected chi connectivity index (χ2v) is 2.47. The Balaban J connectivity index is 2.49. The highest BCUT2D eigenvalue weighted by molar-refractivity contribution is 6.17. The zero-order valence-corrected chi connectivity index (χ0v) is 6.67. The van der Waals surface area contributed by atoms with Gasteiger partial charge in [-0.15, -0.1) is 11.6 Å². The smallest absolute Gasteiger partial charge is 0.138 e. The van der Waals surface area contributed by atoms with Crippen molar-refractivity contribution in [3.63, 3.8) is 0 Å². The molecule has 0 aliphatic carbocycles. The zero-order valence-electron chi connectivity index (χ0n) is 5.92. The molecule has 0 saturated heterocycles. The normalized spacial score (nSPS) is 10.2. The van der Waals surface area contributed by atoms with Gasteiger partial charge in [0.25, 0.3) is 0 Å². The molecule has 3 nitrogen and oxygen atoms in total. The predicted molar refractivity (Wildman–Crippen MR) is 40.0 cm³/mol. The maximum Gasteiger partial charge on any atom is 0.138 e. The molecule has 0 bridgehead atoms. The summed E-state index contributed by atoms with van der Waals surface area (Å²) < 4.78 is 1.77. The van der Waals surface area contributed by atoms with Gasteiger partial charge in [0, 0.05) is 19.3 Å². The lowest BCUT2D eigenvalue weighted by Crippen LogP contribution is -1.99. The van der Waals surface area contributed by atoms with Gasteiger partial charge in [-0.2, -0.15) is 5.10 Å². The second-order valence-electron chi connectivity index (χ2n) is 2.09. The first-order valence-electron chi connectivity index (χ1n) is 3.23. The van der Waals surface area contributed by atoms with E-state index in [9.17, 15) is 0 Å². The van der Waals surface area contributed by atoms with Crippen molar-refractivity contribution in [2.24, 2.45) is 7.05 Å². The van der Waals surface area contributed by atoms with Gasteiger partial charge in [-0.25, -0.2) is 4.98 Å². The van der Waals surface area contributed by atoms with Crippen molar-refractivity contribution in [1.29, 1.82) is 0 Å². The molecular formula is C6H10ClN3. The zero-order chi connectivity index (χ0) is 7.40. The van der Waals surface area contributed by atoms with Crippen LogP contribution in [0, 0.1) is 0 Å². The van der Waals surface area contributed by atoms with Crippen molar-refractivity contribution in [3.8, 4) is 0 Å². The van der Waals surface area contributed by atoms with Crippen molar-refractivity contribution in [2.75, 3.05) is 5.88 Å². The van der Waals surface area contributed by atoms with E-state index in [0.29, 0.717) is 5.88 Å². The molecule has 0 amide bonds. The lowest BCUT2D eigenvalue weighted by atomic mass is 10.3. The molecule has 1 heterocycles. The summed E-state index contributed by atoms with van der Waals surface area (Å²) in [5.74, 6) is 1.69. The number of aryl methyl sites for hydroxylation is 2. The molecule has 0 radical (unpaired) electrons. The van der Waals surface area contributed by atoms with E-state index in [1.165, 1.54) is 0 Å². The Morgan fingerprint density at radius 2 is 2.50 bits per heavy atom. The Labute approximate surface area is 65.0 Å². The monoisotopic (exact) mass is 159 g/mol. The largest absolute Gasteiger partial charge is 0.253 e. The number of hydrogen-bond donors (Lipinski definition) is 0. The average Bonchev–Trinajstić information content (AvgIpc) is 2.31. The molecule has 0 aliphatic heterocycles. The average molecular weight is 160 g/mol. The minimum Gasteiger partial charge on any atom is -0.253 e. The van der Waals surface area contributed by atoms with E-state index in [0.717, 1.165) is 18.7 Å². The van der Waals surface area contributed by atoms with Crippen LogP contribution in [0.1, 0.15) is 12.2 Å². The summed E-state index contributed by atoms with van der Waals surface area (Å²) in [5, 5.41) is 3.93. The summed E-state index contributed by atoms with van der Waals surface area (Å²) in [6, 6.07) is 0. The van der Waals surface area contributed by atoms with Gasteiger partial charge < -0.3 is 0 Å². The first-order valence-corrected chi connectivity index (χ1v) is 3.77. The van der Waals surface area contributed by atoms with Gasteiger partial charge in [-0.3, -0.25) is 4.68 Å². The molecule has 0 atom stereocenters. The van der Waals surface area contributed by atoms with Crippen LogP contribution in [-0.4, -0.2) is 20.6 Å². The first kappa shape index (κ1) is 7.54. The summed E-state index contributed by atoms with van der Waals surface area (Å²) in [7, 11) is 1.89. The molecule has 1 rings (SSSR count). The van der Waals surface area contributed by atoms with Gasteiger partial charge in [0.2, 0.25) is 0 Å². The molecule has 1 aromatic heterocycles. The Kier molecular flexibility index (Phi) is 2.68. The Morgan fingerprint density at radius 1 is 1.70 bits per heavy atom. The molecule has 0 spiro atoms. The minimum atomic E-state index is 0.687. The number of halogens is 1. The van der Waals surface area contributed by atoms with Crippen molar-refractivity contribution in [2.45, 2.75) is 12.8 Å². The van der Waals surface area contributed by atoms with Crippen LogP contribution >= 0.6 is 11.6 Å². The highest BCUT2D eigenvalue weighted by atomic mass is 35.5. The van der Waals surface area contributed by atoms with Crippen molar-refractivity contribution < 1.29 is 0 Å². The Bertz CT molecular complexity index is 197. The topological polar surface area (TPSA) is 30.7 Å². The maximum atomic E-state index is 5.51. The summed E-state index contributed by atoms with van der Waals surface area (Å²) in [4.78, 5) is 4.05. The van der Waals surface area contributed by atoms with Crippen molar-refractivity contribution in [3.05, 3.63) is 12.2 Å². The maximum absolute atomic E-state index is 5.51. The summed E-state index contributed by atoms with van der Waals surface area (Å²) in [6.07, 6.45) is 3.44. The molecule has 10 heavy (non-hydrogen) atoms. The van der Waals surface area contributed by atoms with Crippen molar-refractivity contribution >= 4 is 11.6 Å². The second kappa shape index (κ2) is 3.56. The minimum absolute atomic E-state index is 0.687. The summed E-state index contributed by atoms with van der Waals surface area (Å²) >= 11 is 5.51. The van der Waals surface area contributed by atoms with E-state index < -0.39 is 0 Å². The van der Waals surface area contributed by atoms with Gasteiger partial charge in [0.15, 0.2) is 0 Å². The molecule has 0 unspecified atom stereocenters. The van der Waals surface area contributed by atoms with Crippen LogP contribution in [0.3, 0.4) is 0 Å². The predicted octanol–water partition coefficient (Wildman–Crippen LogP) is 0.987. The molecule has 0 saturated carbocycles.